The Balaban J connectivity index is 1.94. The van der Waals surface area contributed by atoms with Crippen molar-refractivity contribution in [1.29, 1.82) is 0 Å². The quantitative estimate of drug-likeness (QED) is 0.778. The van der Waals surface area contributed by atoms with Gasteiger partial charge in [-0.2, -0.15) is 5.10 Å². The lowest BCUT2D eigenvalue weighted by molar-refractivity contribution is -0.121. The molecule has 1 aliphatic heterocycles. The van der Waals surface area contributed by atoms with Gasteiger partial charge in [-0.25, -0.2) is 5.43 Å². The van der Waals surface area contributed by atoms with E-state index in [0.717, 1.165) is 24.2 Å². The molecule has 0 saturated heterocycles. The number of nitrogens with two attached hydrogens (primary N) is 1. The summed E-state index contributed by atoms with van der Waals surface area (Å²) in [5, 5.41) is 4.12. The highest BCUT2D eigenvalue weighted by atomic mass is 16.2. The summed E-state index contributed by atoms with van der Waals surface area (Å²) in [6.07, 6.45) is 2.35. The van der Waals surface area contributed by atoms with Crippen LogP contribution in [0, 0.1) is 5.92 Å². The van der Waals surface area contributed by atoms with E-state index in [-0.39, 0.29) is 11.8 Å². The monoisotopic (exact) mass is 231 g/mol. The van der Waals surface area contributed by atoms with Gasteiger partial charge in [0, 0.05) is 23.7 Å². The summed E-state index contributed by atoms with van der Waals surface area (Å²) >= 11 is 0. The maximum Gasteiger partial charge on any atom is 0.240 e. The zero-order valence-corrected chi connectivity index (χ0v) is 9.94. The van der Waals surface area contributed by atoms with Gasteiger partial charge in [-0.15, -0.1) is 0 Å². The number of nitrogen functional groups attached to an aromatic ring is 1. The SMILES string of the molecule is CC1CC(=O)NN=C1CCc1ccc(N)cc1. The van der Waals surface area contributed by atoms with Crippen molar-refractivity contribution in [3.05, 3.63) is 29.8 Å². The van der Waals surface area contributed by atoms with Crippen LogP contribution in [0.2, 0.25) is 0 Å². The number of hydrogen-bond acceptors (Lipinski definition) is 3. The summed E-state index contributed by atoms with van der Waals surface area (Å²) in [5.41, 5.74) is 11.3. The Morgan fingerprint density at radius 2 is 2.06 bits per heavy atom. The second kappa shape index (κ2) is 4.99. The Morgan fingerprint density at radius 3 is 2.71 bits per heavy atom. The van der Waals surface area contributed by atoms with Crippen LogP contribution in [0.4, 0.5) is 5.69 Å². The molecule has 1 aromatic carbocycles. The Labute approximate surface area is 101 Å². The average Bonchev–Trinajstić information content (AvgIpc) is 2.30. The maximum atomic E-state index is 11.1. The maximum absolute atomic E-state index is 11.1. The lowest BCUT2D eigenvalue weighted by Gasteiger charge is -2.18. The van der Waals surface area contributed by atoms with Crippen LogP contribution in [0.15, 0.2) is 29.4 Å². The summed E-state index contributed by atoms with van der Waals surface area (Å²) in [4.78, 5) is 11.1. The van der Waals surface area contributed by atoms with Crippen LogP contribution in [0.25, 0.3) is 0 Å². The van der Waals surface area contributed by atoms with E-state index in [1.807, 2.05) is 31.2 Å². The molecule has 2 rings (SSSR count). The molecule has 1 aliphatic rings. The molecule has 4 nitrogen and oxygen atoms in total. The van der Waals surface area contributed by atoms with Gasteiger partial charge in [-0.1, -0.05) is 19.1 Å². The second-order valence-corrected chi connectivity index (χ2v) is 4.48. The topological polar surface area (TPSA) is 67.5 Å². The van der Waals surface area contributed by atoms with E-state index in [1.54, 1.807) is 0 Å². The number of aryl methyl sites for hydroxylation is 1. The van der Waals surface area contributed by atoms with Crippen molar-refractivity contribution in [3.8, 4) is 0 Å². The molecule has 0 saturated carbocycles. The summed E-state index contributed by atoms with van der Waals surface area (Å²) in [5.74, 6) is 0.256. The zero-order valence-electron chi connectivity index (χ0n) is 9.94. The first-order valence-corrected chi connectivity index (χ1v) is 5.85. The predicted octanol–water partition coefficient (Wildman–Crippen LogP) is 1.71. The van der Waals surface area contributed by atoms with Crippen molar-refractivity contribution in [2.45, 2.75) is 26.2 Å². The minimum atomic E-state index is 0.00809. The number of amides is 1. The molecule has 1 unspecified atom stereocenters. The van der Waals surface area contributed by atoms with E-state index >= 15 is 0 Å². The van der Waals surface area contributed by atoms with Crippen LogP contribution in [0.5, 0.6) is 0 Å². The van der Waals surface area contributed by atoms with Crippen molar-refractivity contribution in [3.63, 3.8) is 0 Å². The summed E-state index contributed by atoms with van der Waals surface area (Å²) < 4.78 is 0. The van der Waals surface area contributed by atoms with Crippen LogP contribution < -0.4 is 11.2 Å². The Morgan fingerprint density at radius 1 is 1.35 bits per heavy atom. The van der Waals surface area contributed by atoms with Crippen molar-refractivity contribution in [2.24, 2.45) is 11.0 Å². The molecule has 0 spiro atoms. The fraction of sp³-hybridized carbons (Fsp3) is 0.385. The third kappa shape index (κ3) is 3.06. The molecule has 1 atom stereocenters. The van der Waals surface area contributed by atoms with E-state index in [0.29, 0.717) is 6.42 Å². The minimum absolute atomic E-state index is 0.00809. The highest BCUT2D eigenvalue weighted by Gasteiger charge is 2.19. The number of hydrazone groups is 1. The molecule has 1 amide bonds. The molecular weight excluding hydrogens is 214 g/mol. The number of nitrogens with zero attached hydrogens (tertiary/aromatic N) is 1. The number of anilines is 1. The third-order valence-electron chi connectivity index (χ3n) is 3.03. The molecule has 0 bridgehead atoms. The summed E-state index contributed by atoms with van der Waals surface area (Å²) in [7, 11) is 0. The number of carbonyl (C=O) groups is 1. The Hall–Kier alpha value is -1.84. The van der Waals surface area contributed by atoms with Gasteiger partial charge >= 0.3 is 0 Å². The third-order valence-corrected chi connectivity index (χ3v) is 3.03. The molecule has 1 heterocycles. The van der Waals surface area contributed by atoms with Crippen LogP contribution >= 0.6 is 0 Å². The van der Waals surface area contributed by atoms with Crippen molar-refractivity contribution in [1.82, 2.24) is 5.43 Å². The summed E-state index contributed by atoms with van der Waals surface area (Å²) in [6.45, 7) is 2.04. The highest BCUT2D eigenvalue weighted by molar-refractivity contribution is 5.94. The number of carbonyl (C=O) groups excluding carboxylic acids is 1. The van der Waals surface area contributed by atoms with E-state index in [2.05, 4.69) is 10.5 Å². The van der Waals surface area contributed by atoms with Crippen LogP contribution in [0.1, 0.15) is 25.3 Å². The van der Waals surface area contributed by atoms with Crippen molar-refractivity contribution >= 4 is 17.3 Å². The van der Waals surface area contributed by atoms with Gasteiger partial charge in [0.2, 0.25) is 5.91 Å². The molecule has 17 heavy (non-hydrogen) atoms. The lowest BCUT2D eigenvalue weighted by atomic mass is 9.95. The first-order valence-electron chi connectivity index (χ1n) is 5.85. The van der Waals surface area contributed by atoms with Gasteiger partial charge in [-0.05, 0) is 30.5 Å². The molecule has 4 heteroatoms. The largest absolute Gasteiger partial charge is 0.399 e. The van der Waals surface area contributed by atoms with Gasteiger partial charge in [0.05, 0.1) is 0 Å². The predicted molar refractivity (Wildman–Crippen MR) is 68.5 cm³/mol. The number of nitrogens with one attached hydrogen (secondary N) is 1. The molecule has 0 fully saturated rings. The average molecular weight is 231 g/mol. The van der Waals surface area contributed by atoms with Gasteiger partial charge in [0.15, 0.2) is 0 Å². The molecule has 0 aliphatic carbocycles. The molecule has 3 N–H and O–H groups in total. The normalized spacial score (nSPS) is 19.7. The van der Waals surface area contributed by atoms with Gasteiger partial charge in [-0.3, -0.25) is 4.79 Å². The van der Waals surface area contributed by atoms with Gasteiger partial charge < -0.3 is 5.73 Å². The molecular formula is C13H17N3O. The molecule has 0 radical (unpaired) electrons. The first kappa shape index (κ1) is 11.6. The zero-order chi connectivity index (χ0) is 12.3. The fourth-order valence-electron chi connectivity index (χ4n) is 1.94. The van der Waals surface area contributed by atoms with Crippen LogP contribution in [-0.4, -0.2) is 11.6 Å². The fourth-order valence-corrected chi connectivity index (χ4v) is 1.94. The van der Waals surface area contributed by atoms with Crippen LogP contribution in [0.3, 0.4) is 0 Å². The second-order valence-electron chi connectivity index (χ2n) is 4.48. The van der Waals surface area contributed by atoms with Crippen molar-refractivity contribution in [2.75, 3.05) is 5.73 Å². The Kier molecular flexibility index (Phi) is 3.42. The van der Waals surface area contributed by atoms with E-state index in [9.17, 15) is 4.79 Å². The number of benzene rings is 1. The minimum Gasteiger partial charge on any atom is -0.399 e. The molecule has 90 valence electrons. The Bertz CT molecular complexity index is 436. The molecule has 1 aromatic rings. The summed E-state index contributed by atoms with van der Waals surface area (Å²) in [6, 6.07) is 7.87. The number of hydrogen-bond donors (Lipinski definition) is 2. The number of rotatable bonds is 3. The van der Waals surface area contributed by atoms with E-state index < -0.39 is 0 Å². The smallest absolute Gasteiger partial charge is 0.240 e. The molecule has 0 aromatic heterocycles. The van der Waals surface area contributed by atoms with E-state index in [4.69, 9.17) is 5.73 Å². The van der Waals surface area contributed by atoms with E-state index in [1.165, 1.54) is 5.56 Å². The van der Waals surface area contributed by atoms with Crippen LogP contribution in [-0.2, 0) is 11.2 Å². The standard InChI is InChI=1S/C13H17N3O/c1-9-8-13(17)16-15-12(9)7-4-10-2-5-11(14)6-3-10/h2-3,5-6,9H,4,7-8,14H2,1H3,(H,16,17). The lowest BCUT2D eigenvalue weighted by Crippen LogP contribution is -2.31. The first-order chi connectivity index (χ1) is 8.15. The van der Waals surface area contributed by atoms with Gasteiger partial charge in [0.25, 0.3) is 0 Å². The van der Waals surface area contributed by atoms with Crippen molar-refractivity contribution < 1.29 is 4.79 Å². The van der Waals surface area contributed by atoms with Gasteiger partial charge in [0.1, 0.15) is 0 Å². The highest BCUT2D eigenvalue weighted by Crippen LogP contribution is 2.15.